The largest absolute Gasteiger partial charge is 0.489 e. The first-order valence-corrected chi connectivity index (χ1v) is 10.2. The average Bonchev–Trinajstić information content (AvgIpc) is 3.25. The van der Waals surface area contributed by atoms with Crippen LogP contribution in [0.15, 0.2) is 41.4 Å². The zero-order valence-electron chi connectivity index (χ0n) is 17.1. The van der Waals surface area contributed by atoms with Gasteiger partial charge in [0.15, 0.2) is 17.5 Å². The highest BCUT2D eigenvalue weighted by Gasteiger charge is 2.17. The number of anilines is 1. The van der Waals surface area contributed by atoms with Gasteiger partial charge >= 0.3 is 0 Å². The number of hydrogen-bond donors (Lipinski definition) is 3. The molecule has 2 heterocycles. The number of carbonyl (C=O) groups excluding carboxylic acids is 1. The lowest BCUT2D eigenvalue weighted by Crippen LogP contribution is -2.27. The van der Waals surface area contributed by atoms with Crippen molar-refractivity contribution in [3.05, 3.63) is 47.5 Å². The van der Waals surface area contributed by atoms with Crippen LogP contribution in [0.2, 0.25) is 0 Å². The number of carbonyl (C=O) groups is 1. The normalized spacial score (nSPS) is 17.9. The van der Waals surface area contributed by atoms with Gasteiger partial charge in [0, 0.05) is 12.2 Å². The fourth-order valence-electron chi connectivity index (χ4n) is 3.41. The summed E-state index contributed by atoms with van der Waals surface area (Å²) in [5.41, 5.74) is 13.4. The third-order valence-electron chi connectivity index (χ3n) is 5.10. The summed E-state index contributed by atoms with van der Waals surface area (Å²) < 4.78 is 22.4. The molecular weight excluding hydrogens is 400 g/mol. The molecule has 2 aliphatic heterocycles. The van der Waals surface area contributed by atoms with Crippen LogP contribution in [0.5, 0.6) is 17.2 Å². The summed E-state index contributed by atoms with van der Waals surface area (Å²) in [5.74, 6) is 1.56. The standard InChI is InChI=1S/C22H26N4O5/c23-21(27)15-5-6-17(19(10-15)29-12-16-3-1-2-8-28-16)26-22(24)25-11-14-4-7-18-20(9-14)31-13-30-18/h4-7,9-10,16H,1-3,8,11-13H2,(H2,23,27)(H3,24,25,26). The van der Waals surface area contributed by atoms with E-state index in [0.29, 0.717) is 35.9 Å². The molecule has 0 saturated carbocycles. The molecule has 5 N–H and O–H groups in total. The maximum absolute atomic E-state index is 11.6. The SMILES string of the molecule is NC(=O)c1ccc(NC(N)=NCc2ccc3c(c2)OCO3)c(OCC2CCCCO2)c1. The van der Waals surface area contributed by atoms with Crippen LogP contribution in [-0.2, 0) is 11.3 Å². The second kappa shape index (κ2) is 9.57. The molecule has 31 heavy (non-hydrogen) atoms. The van der Waals surface area contributed by atoms with E-state index >= 15 is 0 Å². The molecule has 4 rings (SSSR count). The number of ether oxygens (including phenoxy) is 4. The number of nitrogens with one attached hydrogen (secondary N) is 1. The summed E-state index contributed by atoms with van der Waals surface area (Å²) in [6, 6.07) is 10.5. The minimum absolute atomic E-state index is 0.0239. The van der Waals surface area contributed by atoms with Crippen molar-refractivity contribution in [3.63, 3.8) is 0 Å². The molecule has 0 aromatic heterocycles. The molecule has 2 aromatic rings. The number of benzene rings is 2. The molecule has 1 amide bonds. The number of guanidine groups is 1. The van der Waals surface area contributed by atoms with Crippen molar-refractivity contribution in [2.24, 2.45) is 16.5 Å². The Morgan fingerprint density at radius 3 is 2.81 bits per heavy atom. The Kier molecular flexibility index (Phi) is 6.42. The van der Waals surface area contributed by atoms with Gasteiger partial charge in [0.2, 0.25) is 12.7 Å². The van der Waals surface area contributed by atoms with E-state index < -0.39 is 5.91 Å². The molecule has 164 valence electrons. The smallest absolute Gasteiger partial charge is 0.248 e. The molecule has 2 aromatic carbocycles. The van der Waals surface area contributed by atoms with Crippen LogP contribution >= 0.6 is 0 Å². The van der Waals surface area contributed by atoms with E-state index in [9.17, 15) is 4.79 Å². The molecule has 9 heteroatoms. The van der Waals surface area contributed by atoms with Gasteiger partial charge in [0.05, 0.1) is 18.3 Å². The van der Waals surface area contributed by atoms with E-state index in [2.05, 4.69) is 10.3 Å². The summed E-state index contributed by atoms with van der Waals surface area (Å²) in [6.07, 6.45) is 3.14. The van der Waals surface area contributed by atoms with Crippen LogP contribution in [0.3, 0.4) is 0 Å². The van der Waals surface area contributed by atoms with Crippen LogP contribution in [-0.4, -0.2) is 38.0 Å². The van der Waals surface area contributed by atoms with Crippen molar-refractivity contribution >= 4 is 17.6 Å². The summed E-state index contributed by atoms with van der Waals surface area (Å²) in [6.45, 7) is 1.70. The third kappa shape index (κ3) is 5.37. The van der Waals surface area contributed by atoms with Gasteiger partial charge in [-0.25, -0.2) is 4.99 Å². The average molecular weight is 426 g/mol. The lowest BCUT2D eigenvalue weighted by atomic mass is 10.1. The van der Waals surface area contributed by atoms with Crippen molar-refractivity contribution in [2.45, 2.75) is 31.9 Å². The second-order valence-electron chi connectivity index (χ2n) is 7.39. The first kappa shape index (κ1) is 20.8. The van der Waals surface area contributed by atoms with Gasteiger partial charge in [-0.05, 0) is 55.2 Å². The zero-order chi connectivity index (χ0) is 21.6. The van der Waals surface area contributed by atoms with E-state index in [1.165, 1.54) is 0 Å². The van der Waals surface area contributed by atoms with Crippen molar-refractivity contribution in [1.82, 2.24) is 0 Å². The molecule has 1 atom stereocenters. The van der Waals surface area contributed by atoms with Gasteiger partial charge in [-0.2, -0.15) is 0 Å². The molecule has 0 spiro atoms. The summed E-state index contributed by atoms with van der Waals surface area (Å²) in [7, 11) is 0. The van der Waals surface area contributed by atoms with Gasteiger partial charge in [-0.1, -0.05) is 6.07 Å². The van der Waals surface area contributed by atoms with E-state index in [4.69, 9.17) is 30.4 Å². The Labute approximate surface area is 180 Å². The number of fused-ring (bicyclic) bond motifs is 1. The topological polar surface area (TPSA) is 130 Å². The molecule has 0 radical (unpaired) electrons. The minimum Gasteiger partial charge on any atom is -0.489 e. The van der Waals surface area contributed by atoms with Crippen molar-refractivity contribution in [3.8, 4) is 17.2 Å². The van der Waals surface area contributed by atoms with Gasteiger partial charge in [-0.15, -0.1) is 0 Å². The van der Waals surface area contributed by atoms with Crippen molar-refractivity contribution in [1.29, 1.82) is 0 Å². The predicted octanol–water partition coefficient (Wildman–Crippen LogP) is 2.39. The number of nitrogens with two attached hydrogens (primary N) is 2. The Balaban J connectivity index is 1.44. The molecule has 1 saturated heterocycles. The van der Waals surface area contributed by atoms with Gasteiger partial charge in [-0.3, -0.25) is 4.79 Å². The predicted molar refractivity (Wildman–Crippen MR) is 116 cm³/mol. The van der Waals surface area contributed by atoms with Crippen LogP contribution in [0.25, 0.3) is 0 Å². The number of rotatable bonds is 7. The first-order chi connectivity index (χ1) is 15.1. The lowest BCUT2D eigenvalue weighted by molar-refractivity contribution is -0.0109. The highest BCUT2D eigenvalue weighted by molar-refractivity contribution is 5.97. The molecule has 1 unspecified atom stereocenters. The molecule has 9 nitrogen and oxygen atoms in total. The highest BCUT2D eigenvalue weighted by atomic mass is 16.7. The highest BCUT2D eigenvalue weighted by Crippen LogP contribution is 2.32. The van der Waals surface area contributed by atoms with Crippen LogP contribution < -0.4 is 31.0 Å². The molecule has 2 aliphatic rings. The molecule has 0 bridgehead atoms. The monoisotopic (exact) mass is 426 g/mol. The fourth-order valence-corrected chi connectivity index (χ4v) is 3.41. The third-order valence-corrected chi connectivity index (χ3v) is 5.10. The molecular formula is C22H26N4O5. The summed E-state index contributed by atoms with van der Waals surface area (Å²) in [5, 5.41) is 3.04. The lowest BCUT2D eigenvalue weighted by Gasteiger charge is -2.23. The number of aliphatic imine (C=N–C) groups is 1. The first-order valence-electron chi connectivity index (χ1n) is 10.2. The summed E-state index contributed by atoms with van der Waals surface area (Å²) >= 11 is 0. The number of nitrogens with zero attached hydrogens (tertiary/aromatic N) is 1. The Hall–Kier alpha value is -3.46. The Morgan fingerprint density at radius 1 is 1.13 bits per heavy atom. The van der Waals surface area contributed by atoms with E-state index in [0.717, 1.165) is 37.2 Å². The number of amides is 1. The van der Waals surface area contributed by atoms with Gasteiger partial charge in [0.1, 0.15) is 12.4 Å². The van der Waals surface area contributed by atoms with Gasteiger partial charge in [0.25, 0.3) is 0 Å². The van der Waals surface area contributed by atoms with E-state index in [-0.39, 0.29) is 18.9 Å². The fraction of sp³-hybridized carbons (Fsp3) is 0.364. The second-order valence-corrected chi connectivity index (χ2v) is 7.39. The van der Waals surface area contributed by atoms with Crippen LogP contribution in [0, 0.1) is 0 Å². The number of primary amides is 1. The van der Waals surface area contributed by atoms with E-state index in [1.807, 2.05) is 18.2 Å². The molecule has 1 fully saturated rings. The quantitative estimate of drug-likeness (QED) is 0.458. The maximum Gasteiger partial charge on any atom is 0.248 e. The van der Waals surface area contributed by atoms with Crippen molar-refractivity contribution in [2.75, 3.05) is 25.3 Å². The Morgan fingerprint density at radius 2 is 2.00 bits per heavy atom. The molecule has 0 aliphatic carbocycles. The van der Waals surface area contributed by atoms with Crippen LogP contribution in [0.1, 0.15) is 35.2 Å². The van der Waals surface area contributed by atoms with Gasteiger partial charge < -0.3 is 35.7 Å². The zero-order valence-corrected chi connectivity index (χ0v) is 17.1. The van der Waals surface area contributed by atoms with E-state index in [1.54, 1.807) is 18.2 Å². The minimum atomic E-state index is -0.533. The Bertz CT molecular complexity index is 972. The maximum atomic E-state index is 11.6. The van der Waals surface area contributed by atoms with Crippen molar-refractivity contribution < 1.29 is 23.7 Å². The van der Waals surface area contributed by atoms with Crippen LogP contribution in [0.4, 0.5) is 5.69 Å². The summed E-state index contributed by atoms with van der Waals surface area (Å²) in [4.78, 5) is 16.0. The number of hydrogen-bond acceptors (Lipinski definition) is 6.